The predicted molar refractivity (Wildman–Crippen MR) is 76.7 cm³/mol. The normalized spacial score (nSPS) is 10.7. The van der Waals surface area contributed by atoms with Gasteiger partial charge in [0.1, 0.15) is 11.3 Å². The molecule has 0 saturated heterocycles. The summed E-state index contributed by atoms with van der Waals surface area (Å²) < 4.78 is 5.73. The van der Waals surface area contributed by atoms with E-state index in [1.165, 1.54) is 6.07 Å². The van der Waals surface area contributed by atoms with Crippen molar-refractivity contribution in [2.75, 3.05) is 11.5 Å². The SMILES string of the molecule is Nc1ccc(-c2cc(=O)c3ccc(N)cc3o2)cc1. The summed E-state index contributed by atoms with van der Waals surface area (Å²) in [6.07, 6.45) is 0. The Morgan fingerprint density at radius 2 is 1.53 bits per heavy atom. The van der Waals surface area contributed by atoms with Gasteiger partial charge in [0.15, 0.2) is 5.43 Å². The molecule has 1 heterocycles. The Labute approximate surface area is 109 Å². The van der Waals surface area contributed by atoms with Crippen LogP contribution in [0.3, 0.4) is 0 Å². The molecule has 4 N–H and O–H groups in total. The molecule has 4 nitrogen and oxygen atoms in total. The van der Waals surface area contributed by atoms with Gasteiger partial charge in [0.25, 0.3) is 0 Å². The molecule has 0 aliphatic heterocycles. The third-order valence-corrected chi connectivity index (χ3v) is 2.95. The molecule has 0 aliphatic rings. The molecule has 0 amide bonds. The van der Waals surface area contributed by atoms with Crippen LogP contribution in [0.2, 0.25) is 0 Å². The minimum atomic E-state index is -0.0897. The number of hydrogen-bond donors (Lipinski definition) is 2. The van der Waals surface area contributed by atoms with Crippen LogP contribution in [-0.2, 0) is 0 Å². The molecular formula is C15H12N2O2. The second-order valence-electron chi connectivity index (χ2n) is 4.35. The van der Waals surface area contributed by atoms with Crippen LogP contribution in [-0.4, -0.2) is 0 Å². The molecule has 0 atom stereocenters. The van der Waals surface area contributed by atoms with Gasteiger partial charge >= 0.3 is 0 Å². The van der Waals surface area contributed by atoms with Crippen molar-refractivity contribution in [3.05, 3.63) is 58.8 Å². The van der Waals surface area contributed by atoms with Crippen molar-refractivity contribution in [2.45, 2.75) is 0 Å². The third-order valence-electron chi connectivity index (χ3n) is 2.95. The van der Waals surface area contributed by atoms with Crippen LogP contribution in [0, 0.1) is 0 Å². The molecule has 2 aromatic carbocycles. The van der Waals surface area contributed by atoms with E-state index in [0.717, 1.165) is 5.56 Å². The Hall–Kier alpha value is -2.75. The van der Waals surface area contributed by atoms with Gasteiger partial charge in [-0.25, -0.2) is 0 Å². The number of nitrogen functional groups attached to an aromatic ring is 2. The molecule has 4 heteroatoms. The van der Waals surface area contributed by atoms with E-state index in [9.17, 15) is 4.79 Å². The highest BCUT2D eigenvalue weighted by molar-refractivity contribution is 5.81. The molecule has 3 rings (SSSR count). The maximum absolute atomic E-state index is 12.0. The zero-order valence-electron chi connectivity index (χ0n) is 10.1. The molecule has 0 unspecified atom stereocenters. The minimum absolute atomic E-state index is 0.0897. The van der Waals surface area contributed by atoms with Gasteiger partial charge in [-0.3, -0.25) is 4.79 Å². The lowest BCUT2D eigenvalue weighted by atomic mass is 10.1. The van der Waals surface area contributed by atoms with Crippen LogP contribution in [0.5, 0.6) is 0 Å². The first kappa shape index (κ1) is 11.3. The van der Waals surface area contributed by atoms with Gasteiger partial charge in [-0.2, -0.15) is 0 Å². The summed E-state index contributed by atoms with van der Waals surface area (Å²) >= 11 is 0. The highest BCUT2D eigenvalue weighted by Crippen LogP contribution is 2.23. The Bertz CT molecular complexity index is 804. The van der Waals surface area contributed by atoms with Gasteiger partial charge in [0, 0.05) is 29.1 Å². The number of hydrogen-bond acceptors (Lipinski definition) is 4. The number of benzene rings is 2. The van der Waals surface area contributed by atoms with Crippen LogP contribution in [0.4, 0.5) is 11.4 Å². The molecule has 0 aliphatic carbocycles. The summed E-state index contributed by atoms with van der Waals surface area (Å²) in [5.41, 5.74) is 13.8. The van der Waals surface area contributed by atoms with E-state index in [4.69, 9.17) is 15.9 Å². The summed E-state index contributed by atoms with van der Waals surface area (Å²) in [6, 6.07) is 13.6. The lowest BCUT2D eigenvalue weighted by Crippen LogP contribution is -2.00. The maximum Gasteiger partial charge on any atom is 0.193 e. The van der Waals surface area contributed by atoms with Gasteiger partial charge in [-0.15, -0.1) is 0 Å². The van der Waals surface area contributed by atoms with E-state index >= 15 is 0 Å². The molecular weight excluding hydrogens is 240 g/mol. The standard InChI is InChI=1S/C15H12N2O2/c16-10-3-1-9(2-4-10)14-8-13(18)12-6-5-11(17)7-15(12)19-14/h1-8H,16-17H2. The number of anilines is 2. The summed E-state index contributed by atoms with van der Waals surface area (Å²) in [7, 11) is 0. The lowest BCUT2D eigenvalue weighted by Gasteiger charge is -2.04. The monoisotopic (exact) mass is 252 g/mol. The van der Waals surface area contributed by atoms with Crippen molar-refractivity contribution in [1.82, 2.24) is 0 Å². The van der Waals surface area contributed by atoms with Crippen LogP contribution in [0.25, 0.3) is 22.3 Å². The van der Waals surface area contributed by atoms with E-state index in [0.29, 0.717) is 28.1 Å². The number of nitrogens with two attached hydrogens (primary N) is 2. The molecule has 0 fully saturated rings. The van der Waals surface area contributed by atoms with Crippen molar-refractivity contribution < 1.29 is 4.42 Å². The fraction of sp³-hybridized carbons (Fsp3) is 0. The summed E-state index contributed by atoms with van der Waals surface area (Å²) in [4.78, 5) is 12.0. The van der Waals surface area contributed by atoms with Crippen LogP contribution < -0.4 is 16.9 Å². The first-order valence-electron chi connectivity index (χ1n) is 5.83. The van der Waals surface area contributed by atoms with Gasteiger partial charge < -0.3 is 15.9 Å². The van der Waals surface area contributed by atoms with Gasteiger partial charge in [0.05, 0.1) is 5.39 Å². The first-order valence-corrected chi connectivity index (χ1v) is 5.83. The second-order valence-corrected chi connectivity index (χ2v) is 4.35. The average Bonchev–Trinajstić information content (AvgIpc) is 2.38. The molecule has 0 spiro atoms. The molecule has 0 bridgehead atoms. The summed E-state index contributed by atoms with van der Waals surface area (Å²) in [5, 5.41) is 0.522. The smallest absolute Gasteiger partial charge is 0.193 e. The van der Waals surface area contributed by atoms with Gasteiger partial charge in [0.2, 0.25) is 0 Å². The summed E-state index contributed by atoms with van der Waals surface area (Å²) in [6.45, 7) is 0. The average molecular weight is 252 g/mol. The van der Waals surface area contributed by atoms with E-state index in [2.05, 4.69) is 0 Å². The van der Waals surface area contributed by atoms with E-state index in [-0.39, 0.29) is 5.43 Å². The zero-order valence-corrected chi connectivity index (χ0v) is 10.1. The molecule has 0 saturated carbocycles. The lowest BCUT2D eigenvalue weighted by molar-refractivity contribution is 0.619. The fourth-order valence-corrected chi connectivity index (χ4v) is 1.96. The Kier molecular flexibility index (Phi) is 2.49. The molecule has 3 aromatic rings. The van der Waals surface area contributed by atoms with Crippen LogP contribution in [0.15, 0.2) is 57.7 Å². The van der Waals surface area contributed by atoms with Crippen LogP contribution in [0.1, 0.15) is 0 Å². The number of rotatable bonds is 1. The van der Waals surface area contributed by atoms with Gasteiger partial charge in [-0.1, -0.05) is 0 Å². The molecule has 0 radical (unpaired) electrons. The van der Waals surface area contributed by atoms with Crippen LogP contribution >= 0.6 is 0 Å². The fourth-order valence-electron chi connectivity index (χ4n) is 1.96. The quantitative estimate of drug-likeness (QED) is 0.652. The van der Waals surface area contributed by atoms with Gasteiger partial charge in [-0.05, 0) is 36.4 Å². The highest BCUT2D eigenvalue weighted by Gasteiger charge is 2.07. The van der Waals surface area contributed by atoms with Crippen molar-refractivity contribution in [1.29, 1.82) is 0 Å². The molecule has 19 heavy (non-hydrogen) atoms. The minimum Gasteiger partial charge on any atom is -0.456 e. The van der Waals surface area contributed by atoms with E-state index in [1.807, 2.05) is 12.1 Å². The second kappa shape index (κ2) is 4.17. The topological polar surface area (TPSA) is 82.2 Å². The summed E-state index contributed by atoms with van der Waals surface area (Å²) in [5.74, 6) is 0.503. The first-order chi connectivity index (χ1) is 9.13. The van der Waals surface area contributed by atoms with E-state index in [1.54, 1.807) is 30.3 Å². The number of fused-ring (bicyclic) bond motifs is 1. The van der Waals surface area contributed by atoms with Crippen molar-refractivity contribution >= 4 is 22.3 Å². The Morgan fingerprint density at radius 3 is 2.26 bits per heavy atom. The maximum atomic E-state index is 12.0. The largest absolute Gasteiger partial charge is 0.456 e. The van der Waals surface area contributed by atoms with Crippen molar-refractivity contribution in [3.8, 4) is 11.3 Å². The van der Waals surface area contributed by atoms with Crippen molar-refractivity contribution in [2.24, 2.45) is 0 Å². The predicted octanol–water partition coefficient (Wildman–Crippen LogP) is 2.62. The third kappa shape index (κ3) is 2.04. The highest BCUT2D eigenvalue weighted by atomic mass is 16.3. The Balaban J connectivity index is 2.25. The Morgan fingerprint density at radius 1 is 0.842 bits per heavy atom. The zero-order chi connectivity index (χ0) is 13.4. The molecule has 94 valence electrons. The van der Waals surface area contributed by atoms with E-state index < -0.39 is 0 Å². The molecule has 1 aromatic heterocycles. The van der Waals surface area contributed by atoms with Crippen molar-refractivity contribution in [3.63, 3.8) is 0 Å².